The maximum absolute atomic E-state index is 13.9. The molecule has 1 aliphatic heterocycles. The molecule has 2 aromatic carbocycles. The number of carbonyl (C=O) groups excluding carboxylic acids is 1. The van der Waals surface area contributed by atoms with Gasteiger partial charge >= 0.3 is 0 Å². The summed E-state index contributed by atoms with van der Waals surface area (Å²) < 4.78 is 27.0. The van der Waals surface area contributed by atoms with Crippen LogP contribution in [0.2, 0.25) is 5.02 Å². The fourth-order valence-corrected chi connectivity index (χ4v) is 3.65. The third-order valence-corrected chi connectivity index (χ3v) is 5.48. The summed E-state index contributed by atoms with van der Waals surface area (Å²) in [6, 6.07) is 10.7. The van der Waals surface area contributed by atoms with Crippen LogP contribution in [-0.2, 0) is 11.3 Å². The lowest BCUT2D eigenvalue weighted by atomic mass is 9.94. The van der Waals surface area contributed by atoms with E-state index in [1.807, 2.05) is 6.92 Å². The van der Waals surface area contributed by atoms with Crippen molar-refractivity contribution in [2.75, 3.05) is 13.1 Å². The van der Waals surface area contributed by atoms with Crippen LogP contribution < -0.4 is 5.32 Å². The third-order valence-electron chi connectivity index (χ3n) is 5.13. The molecule has 1 saturated heterocycles. The number of nitrogens with one attached hydrogen (secondary N) is 1. The Kier molecular flexibility index (Phi) is 6.45. The zero-order valence-electron chi connectivity index (χ0n) is 15.2. The van der Waals surface area contributed by atoms with Gasteiger partial charge in [0.25, 0.3) is 0 Å². The Hall–Kier alpha value is -1.98. The molecule has 0 aliphatic carbocycles. The van der Waals surface area contributed by atoms with E-state index in [0.29, 0.717) is 43.1 Å². The molecule has 0 radical (unpaired) electrons. The largest absolute Gasteiger partial charge is 0.349 e. The van der Waals surface area contributed by atoms with Crippen molar-refractivity contribution in [2.45, 2.75) is 32.4 Å². The highest BCUT2D eigenvalue weighted by atomic mass is 35.5. The van der Waals surface area contributed by atoms with Crippen LogP contribution in [0.25, 0.3) is 0 Å². The molecule has 3 nitrogen and oxygen atoms in total. The Morgan fingerprint density at radius 1 is 1.19 bits per heavy atom. The first-order valence-electron chi connectivity index (χ1n) is 9.15. The molecule has 0 bridgehead atoms. The first-order valence-corrected chi connectivity index (χ1v) is 9.53. The first-order chi connectivity index (χ1) is 12.9. The monoisotopic (exact) mass is 392 g/mol. The van der Waals surface area contributed by atoms with E-state index in [-0.39, 0.29) is 29.5 Å². The summed E-state index contributed by atoms with van der Waals surface area (Å²) in [7, 11) is 0. The van der Waals surface area contributed by atoms with Crippen LogP contribution in [0.3, 0.4) is 0 Å². The second-order valence-electron chi connectivity index (χ2n) is 7.03. The fourth-order valence-electron chi connectivity index (χ4n) is 3.43. The van der Waals surface area contributed by atoms with Crippen molar-refractivity contribution in [3.05, 3.63) is 70.2 Å². The number of halogens is 3. The number of amides is 1. The number of carbonyl (C=O) groups is 1. The van der Waals surface area contributed by atoms with Crippen molar-refractivity contribution in [1.29, 1.82) is 0 Å². The van der Waals surface area contributed by atoms with Crippen LogP contribution in [-0.4, -0.2) is 23.9 Å². The lowest BCUT2D eigenvalue weighted by Crippen LogP contribution is -2.41. The molecule has 0 aromatic heterocycles. The molecule has 6 heteroatoms. The molecule has 144 valence electrons. The van der Waals surface area contributed by atoms with Crippen LogP contribution in [0.15, 0.2) is 42.5 Å². The van der Waals surface area contributed by atoms with Gasteiger partial charge in [-0.05, 0) is 62.7 Å². The highest BCUT2D eigenvalue weighted by molar-refractivity contribution is 6.31. The van der Waals surface area contributed by atoms with Gasteiger partial charge in [-0.25, -0.2) is 8.78 Å². The van der Waals surface area contributed by atoms with Crippen molar-refractivity contribution < 1.29 is 13.6 Å². The van der Waals surface area contributed by atoms with Crippen LogP contribution in [0.5, 0.6) is 0 Å². The average Bonchev–Trinajstić information content (AvgIpc) is 2.66. The fraction of sp³-hybridized carbons (Fsp3) is 0.381. The number of rotatable bonds is 5. The van der Waals surface area contributed by atoms with E-state index in [4.69, 9.17) is 11.6 Å². The summed E-state index contributed by atoms with van der Waals surface area (Å²) in [6.07, 6.45) is 1.43. The van der Waals surface area contributed by atoms with Gasteiger partial charge in [0.1, 0.15) is 11.6 Å². The van der Waals surface area contributed by atoms with E-state index in [2.05, 4.69) is 10.2 Å². The van der Waals surface area contributed by atoms with Gasteiger partial charge in [0.05, 0.1) is 6.04 Å². The summed E-state index contributed by atoms with van der Waals surface area (Å²) in [5.41, 5.74) is 1.38. The van der Waals surface area contributed by atoms with Crippen LogP contribution in [0, 0.1) is 17.6 Å². The molecule has 1 N–H and O–H groups in total. The molecule has 1 atom stereocenters. The van der Waals surface area contributed by atoms with E-state index in [1.165, 1.54) is 18.2 Å². The molecule has 2 aromatic rings. The molecule has 1 amide bonds. The molecule has 0 saturated carbocycles. The molecular weight excluding hydrogens is 370 g/mol. The van der Waals surface area contributed by atoms with Gasteiger partial charge in [-0.1, -0.05) is 29.8 Å². The maximum Gasteiger partial charge on any atom is 0.223 e. The van der Waals surface area contributed by atoms with Gasteiger partial charge in [-0.3, -0.25) is 9.69 Å². The Labute approximate surface area is 163 Å². The van der Waals surface area contributed by atoms with E-state index in [1.54, 1.807) is 24.3 Å². The first kappa shape index (κ1) is 19.8. The van der Waals surface area contributed by atoms with Crippen molar-refractivity contribution in [3.63, 3.8) is 0 Å². The van der Waals surface area contributed by atoms with Gasteiger partial charge < -0.3 is 5.32 Å². The van der Waals surface area contributed by atoms with Gasteiger partial charge in [-0.2, -0.15) is 0 Å². The second-order valence-corrected chi connectivity index (χ2v) is 7.44. The van der Waals surface area contributed by atoms with Gasteiger partial charge in [0.2, 0.25) is 5.91 Å². The van der Waals surface area contributed by atoms with Gasteiger partial charge in [-0.15, -0.1) is 0 Å². The second kappa shape index (κ2) is 8.81. The number of likely N-dealkylation sites (tertiary alicyclic amines) is 1. The normalized spacial score (nSPS) is 16.9. The molecule has 0 spiro atoms. The summed E-state index contributed by atoms with van der Waals surface area (Å²) in [6.45, 7) is 3.77. The maximum atomic E-state index is 13.9. The highest BCUT2D eigenvalue weighted by Crippen LogP contribution is 2.25. The Morgan fingerprint density at radius 3 is 2.48 bits per heavy atom. The molecular formula is C21H23ClF2N2O. The Balaban J connectivity index is 1.51. The number of piperidine rings is 1. The van der Waals surface area contributed by atoms with Crippen molar-refractivity contribution in [2.24, 2.45) is 5.92 Å². The predicted octanol–water partition coefficient (Wildman–Crippen LogP) is 4.71. The van der Waals surface area contributed by atoms with Crippen molar-refractivity contribution in [1.82, 2.24) is 10.2 Å². The number of benzene rings is 2. The summed E-state index contributed by atoms with van der Waals surface area (Å²) >= 11 is 6.10. The molecule has 1 heterocycles. The third kappa shape index (κ3) is 5.05. The molecule has 0 unspecified atom stereocenters. The van der Waals surface area contributed by atoms with Gasteiger partial charge in [0, 0.05) is 23.0 Å². The zero-order chi connectivity index (χ0) is 19.4. The van der Waals surface area contributed by atoms with E-state index in [9.17, 15) is 13.6 Å². The van der Waals surface area contributed by atoms with E-state index >= 15 is 0 Å². The van der Waals surface area contributed by atoms with Crippen LogP contribution >= 0.6 is 11.6 Å². The minimum absolute atomic E-state index is 0.00963. The van der Waals surface area contributed by atoms with Crippen molar-refractivity contribution in [3.8, 4) is 0 Å². The SMILES string of the molecule is C[C@H](NC(=O)C1CCN(Cc2c(F)cccc2Cl)CC1)c1ccc(F)cc1. The van der Waals surface area contributed by atoms with Crippen molar-refractivity contribution >= 4 is 17.5 Å². The predicted molar refractivity (Wildman–Crippen MR) is 102 cm³/mol. The summed E-state index contributed by atoms with van der Waals surface area (Å²) in [5.74, 6) is -0.647. The molecule has 27 heavy (non-hydrogen) atoms. The minimum atomic E-state index is -0.296. The Morgan fingerprint density at radius 2 is 1.85 bits per heavy atom. The summed E-state index contributed by atoms with van der Waals surface area (Å²) in [5, 5.41) is 3.44. The molecule has 1 aliphatic rings. The van der Waals surface area contributed by atoms with Gasteiger partial charge in [0.15, 0.2) is 0 Å². The lowest BCUT2D eigenvalue weighted by molar-refractivity contribution is -0.127. The average molecular weight is 393 g/mol. The van der Waals surface area contributed by atoms with E-state index < -0.39 is 0 Å². The molecule has 3 rings (SSSR count). The zero-order valence-corrected chi connectivity index (χ0v) is 16.0. The quantitative estimate of drug-likeness (QED) is 0.799. The smallest absolute Gasteiger partial charge is 0.223 e. The summed E-state index contributed by atoms with van der Waals surface area (Å²) in [4.78, 5) is 14.7. The standard InChI is InChI=1S/C21H23ClF2N2O/c1-14(15-5-7-17(23)8-6-15)25-21(27)16-9-11-26(12-10-16)13-18-19(22)3-2-4-20(18)24/h2-8,14,16H,9-13H2,1H3,(H,25,27)/t14-/m0/s1. The Bertz CT molecular complexity index is 769. The number of hydrogen-bond donors (Lipinski definition) is 1. The number of hydrogen-bond acceptors (Lipinski definition) is 2. The lowest BCUT2D eigenvalue weighted by Gasteiger charge is -2.32. The highest BCUT2D eigenvalue weighted by Gasteiger charge is 2.26. The number of nitrogens with zero attached hydrogens (tertiary/aromatic N) is 1. The topological polar surface area (TPSA) is 32.3 Å². The van der Waals surface area contributed by atoms with Crippen LogP contribution in [0.4, 0.5) is 8.78 Å². The minimum Gasteiger partial charge on any atom is -0.349 e. The van der Waals surface area contributed by atoms with Crippen LogP contribution in [0.1, 0.15) is 36.9 Å². The molecule has 1 fully saturated rings. The van der Waals surface area contributed by atoms with E-state index in [0.717, 1.165) is 5.56 Å².